The van der Waals surface area contributed by atoms with Crippen LogP contribution in [0.15, 0.2) is 24.3 Å². The molecule has 1 saturated carbocycles. The molecular formula is C19H28FNO2. The van der Waals surface area contributed by atoms with Gasteiger partial charge in [0.05, 0.1) is 0 Å². The number of carbonyl (C=O) groups excluding carboxylic acids is 1. The van der Waals surface area contributed by atoms with Gasteiger partial charge in [-0.1, -0.05) is 38.5 Å². The zero-order valence-corrected chi connectivity index (χ0v) is 14.4. The van der Waals surface area contributed by atoms with E-state index in [1.54, 1.807) is 12.1 Å². The first-order valence-corrected chi connectivity index (χ1v) is 8.57. The Morgan fingerprint density at radius 3 is 2.57 bits per heavy atom. The summed E-state index contributed by atoms with van der Waals surface area (Å²) in [6.07, 6.45) is 4.13. The van der Waals surface area contributed by atoms with E-state index in [1.807, 2.05) is 12.1 Å². The Morgan fingerprint density at radius 1 is 1.35 bits per heavy atom. The van der Waals surface area contributed by atoms with Gasteiger partial charge in [0.1, 0.15) is 12.4 Å². The average Bonchev–Trinajstić information content (AvgIpc) is 2.43. The van der Waals surface area contributed by atoms with Crippen LogP contribution in [0.2, 0.25) is 0 Å². The molecule has 128 valence electrons. The first-order valence-electron chi connectivity index (χ1n) is 8.57. The van der Waals surface area contributed by atoms with E-state index in [2.05, 4.69) is 19.2 Å². The molecule has 1 atom stereocenters. The molecule has 1 fully saturated rings. The molecule has 1 N–H and O–H groups in total. The van der Waals surface area contributed by atoms with Gasteiger partial charge in [-0.25, -0.2) is 4.39 Å². The fourth-order valence-electron chi connectivity index (χ4n) is 3.63. The maximum absolute atomic E-state index is 14.4. The van der Waals surface area contributed by atoms with Crippen LogP contribution in [0.1, 0.15) is 52.0 Å². The molecule has 0 spiro atoms. The summed E-state index contributed by atoms with van der Waals surface area (Å²) in [7, 11) is 0. The molecule has 1 aromatic rings. The Hall–Kier alpha value is -1.42. The Bertz CT molecular complexity index is 526. The van der Waals surface area contributed by atoms with Gasteiger partial charge < -0.3 is 10.1 Å². The quantitative estimate of drug-likeness (QED) is 0.584. The third kappa shape index (κ3) is 4.31. The highest BCUT2D eigenvalue weighted by Crippen LogP contribution is 2.48. The van der Waals surface area contributed by atoms with E-state index in [-0.39, 0.29) is 23.2 Å². The summed E-state index contributed by atoms with van der Waals surface area (Å²) < 4.78 is 19.4. The van der Waals surface area contributed by atoms with Gasteiger partial charge in [0.15, 0.2) is 0 Å². The number of nitrogens with one attached hydrogen (secondary N) is 1. The molecule has 3 nitrogen and oxygen atoms in total. The van der Waals surface area contributed by atoms with Crippen LogP contribution < -0.4 is 5.32 Å². The van der Waals surface area contributed by atoms with Crippen LogP contribution in [0.5, 0.6) is 0 Å². The lowest BCUT2D eigenvalue weighted by atomic mass is 9.58. The monoisotopic (exact) mass is 321 g/mol. The molecule has 1 aliphatic rings. The maximum Gasteiger partial charge on any atom is 0.302 e. The third-order valence-electron chi connectivity index (χ3n) is 4.83. The van der Waals surface area contributed by atoms with E-state index in [1.165, 1.54) is 6.92 Å². The fourth-order valence-corrected chi connectivity index (χ4v) is 3.63. The van der Waals surface area contributed by atoms with E-state index in [4.69, 9.17) is 4.74 Å². The Labute approximate surface area is 138 Å². The van der Waals surface area contributed by atoms with Gasteiger partial charge in [0.2, 0.25) is 0 Å². The molecule has 0 radical (unpaired) electrons. The molecule has 0 aliphatic heterocycles. The largest absolute Gasteiger partial charge is 0.465 e. The number of esters is 1. The average molecular weight is 321 g/mol. The van der Waals surface area contributed by atoms with Gasteiger partial charge in [-0.15, -0.1) is 0 Å². The summed E-state index contributed by atoms with van der Waals surface area (Å²) in [5.74, 6) is 0.146. The summed E-state index contributed by atoms with van der Waals surface area (Å²) >= 11 is 0. The van der Waals surface area contributed by atoms with Crippen molar-refractivity contribution in [2.45, 2.75) is 57.9 Å². The van der Waals surface area contributed by atoms with Crippen LogP contribution in [0.3, 0.4) is 0 Å². The van der Waals surface area contributed by atoms with Crippen LogP contribution in [0.4, 0.5) is 4.39 Å². The first-order chi connectivity index (χ1) is 11.0. The summed E-state index contributed by atoms with van der Waals surface area (Å²) in [6.45, 7) is 6.76. The summed E-state index contributed by atoms with van der Waals surface area (Å²) in [6, 6.07) is 7.35. The van der Waals surface area contributed by atoms with E-state index in [0.29, 0.717) is 19.1 Å². The predicted octanol–water partition coefficient (Wildman–Crippen LogP) is 3.81. The van der Waals surface area contributed by atoms with Crippen molar-refractivity contribution >= 4 is 5.97 Å². The smallest absolute Gasteiger partial charge is 0.302 e. The number of ether oxygens (including phenoxy) is 1. The topological polar surface area (TPSA) is 38.3 Å². The zero-order valence-electron chi connectivity index (χ0n) is 14.4. The van der Waals surface area contributed by atoms with Crippen molar-refractivity contribution in [3.63, 3.8) is 0 Å². The lowest BCUT2D eigenvalue weighted by Gasteiger charge is -2.49. The highest BCUT2D eigenvalue weighted by atomic mass is 19.1. The molecule has 23 heavy (non-hydrogen) atoms. The highest BCUT2D eigenvalue weighted by molar-refractivity contribution is 5.65. The van der Waals surface area contributed by atoms with Gasteiger partial charge in [0, 0.05) is 24.9 Å². The zero-order chi connectivity index (χ0) is 16.9. The molecule has 0 amide bonds. The summed E-state index contributed by atoms with van der Waals surface area (Å²) in [5.41, 5.74) is 0.697. The van der Waals surface area contributed by atoms with Crippen LogP contribution in [0.25, 0.3) is 0 Å². The van der Waals surface area contributed by atoms with Crippen molar-refractivity contribution in [2.75, 3.05) is 13.2 Å². The van der Waals surface area contributed by atoms with E-state index < -0.39 is 0 Å². The van der Waals surface area contributed by atoms with Crippen LogP contribution >= 0.6 is 0 Å². The lowest BCUT2D eigenvalue weighted by Crippen LogP contribution is -2.54. The molecular weight excluding hydrogens is 293 g/mol. The van der Waals surface area contributed by atoms with Gasteiger partial charge in [0.25, 0.3) is 0 Å². The van der Waals surface area contributed by atoms with Crippen LogP contribution in [-0.2, 0) is 14.9 Å². The summed E-state index contributed by atoms with van der Waals surface area (Å²) in [5, 5.41) is 3.53. The number of hydrogen-bond acceptors (Lipinski definition) is 3. The molecule has 2 rings (SSSR count). The molecule has 1 aliphatic carbocycles. The van der Waals surface area contributed by atoms with Crippen molar-refractivity contribution in [1.29, 1.82) is 0 Å². The summed E-state index contributed by atoms with van der Waals surface area (Å²) in [4.78, 5) is 10.9. The van der Waals surface area contributed by atoms with Crippen molar-refractivity contribution in [3.05, 3.63) is 35.6 Å². The Balaban J connectivity index is 2.14. The molecule has 1 unspecified atom stereocenters. The van der Waals surface area contributed by atoms with Crippen molar-refractivity contribution in [3.8, 4) is 0 Å². The van der Waals surface area contributed by atoms with Gasteiger partial charge in [-0.2, -0.15) is 0 Å². The van der Waals surface area contributed by atoms with Crippen LogP contribution in [-0.4, -0.2) is 25.2 Å². The van der Waals surface area contributed by atoms with Gasteiger partial charge >= 0.3 is 5.97 Å². The van der Waals surface area contributed by atoms with Gasteiger partial charge in [-0.3, -0.25) is 4.79 Å². The van der Waals surface area contributed by atoms with Crippen molar-refractivity contribution in [2.24, 2.45) is 5.92 Å². The number of hydrogen-bond donors (Lipinski definition) is 1. The van der Waals surface area contributed by atoms with E-state index in [0.717, 1.165) is 31.2 Å². The number of rotatable bonds is 8. The number of halogens is 1. The standard InChI is InChI=1S/C19H28FNO2/c1-14(2)13-18(21-11-12-23-15(3)22)19(9-6-10-19)16-7-4-5-8-17(16)20/h4-5,7-8,14,18,21H,6,9-13H2,1-3H3. The second kappa shape index (κ2) is 7.91. The SMILES string of the molecule is CC(=O)OCCNC(CC(C)C)C1(c2ccccc2F)CCC1. The minimum Gasteiger partial charge on any atom is -0.465 e. The fraction of sp³-hybridized carbons (Fsp3) is 0.632. The van der Waals surface area contributed by atoms with Crippen LogP contribution in [0, 0.1) is 11.7 Å². The minimum absolute atomic E-state index is 0.109. The van der Waals surface area contributed by atoms with E-state index in [9.17, 15) is 9.18 Å². The molecule has 0 saturated heterocycles. The molecule has 0 heterocycles. The third-order valence-corrected chi connectivity index (χ3v) is 4.83. The van der Waals surface area contributed by atoms with Crippen molar-refractivity contribution in [1.82, 2.24) is 5.32 Å². The van der Waals surface area contributed by atoms with Crippen molar-refractivity contribution < 1.29 is 13.9 Å². The van der Waals surface area contributed by atoms with E-state index >= 15 is 0 Å². The normalized spacial score (nSPS) is 17.6. The second-order valence-corrected chi connectivity index (χ2v) is 6.97. The molecule has 4 heteroatoms. The maximum atomic E-state index is 14.4. The first kappa shape index (κ1) is 17.9. The Morgan fingerprint density at radius 2 is 2.04 bits per heavy atom. The predicted molar refractivity (Wildman–Crippen MR) is 89.8 cm³/mol. The minimum atomic E-state index is -0.264. The lowest BCUT2D eigenvalue weighted by molar-refractivity contribution is -0.140. The van der Waals surface area contributed by atoms with Gasteiger partial charge in [-0.05, 0) is 36.8 Å². The number of carbonyl (C=O) groups is 1. The number of benzene rings is 1. The molecule has 1 aromatic carbocycles. The highest BCUT2D eigenvalue weighted by Gasteiger charge is 2.46. The second-order valence-electron chi connectivity index (χ2n) is 6.97. The molecule has 0 aromatic heterocycles. The molecule has 0 bridgehead atoms. The Kier molecular flexibility index (Phi) is 6.17.